The number of halogens is 1. The molecule has 0 atom stereocenters. The quantitative estimate of drug-likeness (QED) is 0.261. The van der Waals surface area contributed by atoms with E-state index in [1.54, 1.807) is 28.8 Å². The summed E-state index contributed by atoms with van der Waals surface area (Å²) in [5.41, 5.74) is 9.77. The van der Waals surface area contributed by atoms with Crippen molar-refractivity contribution in [2.45, 2.75) is 6.54 Å². The Morgan fingerprint density at radius 1 is 1.32 bits per heavy atom. The number of amides is 1. The fourth-order valence-corrected chi connectivity index (χ4v) is 3.03. The lowest BCUT2D eigenvalue weighted by Crippen LogP contribution is -2.23. The van der Waals surface area contributed by atoms with Crippen LogP contribution < -0.4 is 11.2 Å². The van der Waals surface area contributed by atoms with Gasteiger partial charge in [0, 0.05) is 22.7 Å². The topological polar surface area (TPSA) is 167 Å². The summed E-state index contributed by atoms with van der Waals surface area (Å²) in [6.07, 6.45) is 1.22. The van der Waals surface area contributed by atoms with Crippen LogP contribution in [0.15, 0.2) is 52.2 Å². The van der Waals surface area contributed by atoms with E-state index in [4.69, 9.17) is 17.3 Å². The number of nitrogen functional groups attached to an aromatic ring is 1. The first-order valence-corrected chi connectivity index (χ1v) is 9.11. The molecule has 0 aliphatic rings. The lowest BCUT2D eigenvalue weighted by Gasteiger charge is -2.06. The first-order chi connectivity index (χ1) is 14.9. The Kier molecular flexibility index (Phi) is 5.28. The number of benzene rings is 2. The van der Waals surface area contributed by atoms with Gasteiger partial charge in [0.2, 0.25) is 0 Å². The molecule has 0 radical (unpaired) electrons. The van der Waals surface area contributed by atoms with Gasteiger partial charge in [-0.25, -0.2) is 15.0 Å². The number of nitro benzene ring substituents is 1. The van der Waals surface area contributed by atoms with Gasteiger partial charge in [0.05, 0.1) is 22.2 Å². The molecule has 0 unspecified atom stereocenters. The van der Waals surface area contributed by atoms with Crippen LogP contribution >= 0.6 is 11.6 Å². The van der Waals surface area contributed by atoms with Crippen LogP contribution in [0.5, 0.6) is 0 Å². The van der Waals surface area contributed by atoms with E-state index in [2.05, 4.69) is 30.5 Å². The van der Waals surface area contributed by atoms with Gasteiger partial charge in [-0.1, -0.05) is 23.7 Å². The Balaban J connectivity index is 1.57. The Labute approximate surface area is 178 Å². The predicted molar refractivity (Wildman–Crippen MR) is 111 cm³/mol. The van der Waals surface area contributed by atoms with Crippen LogP contribution in [0.2, 0.25) is 5.02 Å². The minimum absolute atomic E-state index is 0.0373. The Morgan fingerprint density at radius 3 is 2.87 bits per heavy atom. The minimum atomic E-state index is -0.553. The Hall–Kier alpha value is -4.32. The number of rotatable bonds is 6. The van der Waals surface area contributed by atoms with Crippen molar-refractivity contribution in [3.05, 3.63) is 63.2 Å². The normalized spacial score (nSPS) is 11.3. The molecule has 0 saturated heterocycles. The number of hydrazone groups is 1. The molecule has 0 fully saturated rings. The van der Waals surface area contributed by atoms with Crippen LogP contribution in [0.25, 0.3) is 22.6 Å². The molecule has 2 aromatic carbocycles. The highest BCUT2D eigenvalue weighted by Crippen LogP contribution is 2.26. The summed E-state index contributed by atoms with van der Waals surface area (Å²) in [5.74, 6) is -0.145. The number of para-hydroxylation sites is 2. The second-order valence-corrected chi connectivity index (χ2v) is 6.67. The average Bonchev–Trinajstić information content (AvgIpc) is 3.32. The van der Waals surface area contributed by atoms with Crippen LogP contribution in [-0.2, 0) is 11.3 Å². The van der Waals surface area contributed by atoms with Gasteiger partial charge in [0.15, 0.2) is 17.3 Å². The molecule has 2 aromatic heterocycles. The van der Waals surface area contributed by atoms with Gasteiger partial charge in [0.25, 0.3) is 11.6 Å². The smallest absolute Gasteiger partial charge is 0.270 e. The second-order valence-electron chi connectivity index (χ2n) is 6.26. The molecule has 13 heteroatoms. The number of nitrogens with one attached hydrogen (secondary N) is 1. The van der Waals surface area contributed by atoms with Gasteiger partial charge in [-0.2, -0.15) is 5.10 Å². The van der Waals surface area contributed by atoms with E-state index in [1.807, 2.05) is 0 Å². The number of carbonyl (C=O) groups excluding carboxylic acids is 1. The zero-order valence-corrected chi connectivity index (χ0v) is 16.4. The van der Waals surface area contributed by atoms with Crippen molar-refractivity contribution in [2.75, 3.05) is 5.73 Å². The number of imidazole rings is 1. The van der Waals surface area contributed by atoms with Crippen LogP contribution in [0, 0.1) is 10.1 Å². The van der Waals surface area contributed by atoms with Gasteiger partial charge in [0.1, 0.15) is 6.54 Å². The summed E-state index contributed by atoms with van der Waals surface area (Å²) in [6.45, 7) is -0.165. The maximum atomic E-state index is 12.5. The number of nitro groups is 1. The van der Waals surface area contributed by atoms with E-state index in [0.29, 0.717) is 16.9 Å². The van der Waals surface area contributed by atoms with E-state index in [-0.39, 0.29) is 34.3 Å². The van der Waals surface area contributed by atoms with Gasteiger partial charge >= 0.3 is 0 Å². The molecule has 156 valence electrons. The van der Waals surface area contributed by atoms with Crippen LogP contribution in [0.4, 0.5) is 11.5 Å². The molecule has 2 heterocycles. The molecule has 0 bridgehead atoms. The van der Waals surface area contributed by atoms with Gasteiger partial charge in [-0.3, -0.25) is 14.9 Å². The summed E-state index contributed by atoms with van der Waals surface area (Å²) in [7, 11) is 0. The SMILES string of the molecule is Nc1nonc1-c1nc2ccccc2n1CC(=O)NN=Cc1cc([N+](=O)[O-])ccc1Cl. The van der Waals surface area contributed by atoms with Crippen molar-refractivity contribution in [3.63, 3.8) is 0 Å². The molecule has 3 N–H and O–H groups in total. The first kappa shape index (κ1) is 20.0. The van der Waals surface area contributed by atoms with E-state index in [1.165, 1.54) is 24.4 Å². The maximum absolute atomic E-state index is 12.5. The monoisotopic (exact) mass is 440 g/mol. The molecule has 1 amide bonds. The highest BCUT2D eigenvalue weighted by atomic mass is 35.5. The standard InChI is InChI=1S/C18H13ClN8O4/c19-12-6-5-11(27(29)30)7-10(12)8-21-23-15(28)9-26-14-4-2-1-3-13(14)22-18(26)16-17(20)25-31-24-16/h1-8H,9H2,(H2,20,25)(H,23,28). The number of hydrogen-bond donors (Lipinski definition) is 2. The number of anilines is 1. The molecule has 4 rings (SSSR count). The summed E-state index contributed by atoms with van der Waals surface area (Å²) in [5, 5.41) is 22.3. The fourth-order valence-electron chi connectivity index (χ4n) is 2.86. The average molecular weight is 441 g/mol. The van der Waals surface area contributed by atoms with Crippen LogP contribution in [0.1, 0.15) is 5.56 Å². The second kappa shape index (κ2) is 8.20. The molecular weight excluding hydrogens is 428 g/mol. The van der Waals surface area contributed by atoms with Crippen molar-refractivity contribution in [1.82, 2.24) is 25.3 Å². The fraction of sp³-hybridized carbons (Fsp3) is 0.0556. The zero-order chi connectivity index (χ0) is 22.0. The predicted octanol–water partition coefficient (Wildman–Crippen LogP) is 2.38. The van der Waals surface area contributed by atoms with Crippen molar-refractivity contribution in [3.8, 4) is 11.5 Å². The number of nitrogens with two attached hydrogens (primary N) is 1. The number of non-ortho nitro benzene ring substituents is 1. The van der Waals surface area contributed by atoms with E-state index < -0.39 is 10.8 Å². The molecule has 12 nitrogen and oxygen atoms in total. The Morgan fingerprint density at radius 2 is 2.13 bits per heavy atom. The summed E-state index contributed by atoms with van der Waals surface area (Å²) >= 11 is 6.02. The van der Waals surface area contributed by atoms with E-state index in [0.717, 1.165) is 0 Å². The number of hydrogen-bond acceptors (Lipinski definition) is 9. The molecule has 0 saturated carbocycles. The summed E-state index contributed by atoms with van der Waals surface area (Å²) < 4.78 is 6.24. The number of fused-ring (bicyclic) bond motifs is 1. The highest BCUT2D eigenvalue weighted by Gasteiger charge is 2.20. The Bertz CT molecular complexity index is 1330. The third-order valence-corrected chi connectivity index (χ3v) is 4.61. The maximum Gasteiger partial charge on any atom is 0.270 e. The number of nitrogens with zero attached hydrogens (tertiary/aromatic N) is 6. The lowest BCUT2D eigenvalue weighted by molar-refractivity contribution is -0.384. The number of aromatic nitrogens is 4. The highest BCUT2D eigenvalue weighted by molar-refractivity contribution is 6.33. The van der Waals surface area contributed by atoms with E-state index in [9.17, 15) is 14.9 Å². The van der Waals surface area contributed by atoms with Crippen molar-refractivity contribution in [1.29, 1.82) is 0 Å². The van der Waals surface area contributed by atoms with Crippen molar-refractivity contribution < 1.29 is 14.3 Å². The van der Waals surface area contributed by atoms with Gasteiger partial charge in [-0.05, 0) is 28.5 Å². The molecule has 4 aromatic rings. The van der Waals surface area contributed by atoms with Crippen LogP contribution in [-0.4, -0.2) is 36.9 Å². The molecule has 0 aliphatic heterocycles. The third kappa shape index (κ3) is 4.04. The van der Waals surface area contributed by atoms with E-state index >= 15 is 0 Å². The summed E-state index contributed by atoms with van der Waals surface area (Å²) in [6, 6.07) is 11.1. The molecule has 0 aliphatic carbocycles. The minimum Gasteiger partial charge on any atom is -0.379 e. The lowest BCUT2D eigenvalue weighted by atomic mass is 10.2. The summed E-state index contributed by atoms with van der Waals surface area (Å²) in [4.78, 5) is 27.3. The molecule has 0 spiro atoms. The van der Waals surface area contributed by atoms with Gasteiger partial charge in [-0.15, -0.1) is 0 Å². The largest absolute Gasteiger partial charge is 0.379 e. The number of carbonyl (C=O) groups is 1. The first-order valence-electron chi connectivity index (χ1n) is 8.73. The molecular formula is C18H13ClN8O4. The third-order valence-electron chi connectivity index (χ3n) is 4.27. The van der Waals surface area contributed by atoms with Gasteiger partial charge < -0.3 is 10.3 Å². The van der Waals surface area contributed by atoms with Crippen molar-refractivity contribution in [2.24, 2.45) is 5.10 Å². The zero-order valence-electron chi connectivity index (χ0n) is 15.6. The van der Waals surface area contributed by atoms with Crippen molar-refractivity contribution >= 4 is 46.3 Å². The molecule has 31 heavy (non-hydrogen) atoms. The van der Waals surface area contributed by atoms with Crippen LogP contribution in [0.3, 0.4) is 0 Å².